The van der Waals surface area contributed by atoms with Crippen molar-refractivity contribution >= 4 is 11.8 Å². The van der Waals surface area contributed by atoms with E-state index >= 15 is 0 Å². The van der Waals surface area contributed by atoms with Crippen LogP contribution in [0.4, 0.5) is 0 Å². The number of carbonyl (C=O) groups excluding carboxylic acids is 2. The van der Waals surface area contributed by atoms with Gasteiger partial charge in [-0.05, 0) is 12.8 Å². The number of rotatable bonds is 5. The van der Waals surface area contributed by atoms with Gasteiger partial charge < -0.3 is 14.8 Å². The fraction of sp³-hybridized carbons (Fsp3) is 0.500. The van der Waals surface area contributed by atoms with Crippen LogP contribution in [0.5, 0.6) is 0 Å². The largest absolute Gasteiger partial charge is 0.341 e. The number of aryl methyl sites for hydroxylation is 1. The van der Waals surface area contributed by atoms with Crippen LogP contribution in [-0.2, 0) is 11.3 Å². The molecule has 10 nitrogen and oxygen atoms in total. The summed E-state index contributed by atoms with van der Waals surface area (Å²) in [7, 11) is 0. The van der Waals surface area contributed by atoms with Gasteiger partial charge in [-0.15, -0.1) is 0 Å². The predicted octanol–water partition coefficient (Wildman–Crippen LogP) is -0.484. The van der Waals surface area contributed by atoms with Gasteiger partial charge in [0.1, 0.15) is 18.3 Å². The highest BCUT2D eigenvalue weighted by Crippen LogP contribution is 2.09. The quantitative estimate of drug-likeness (QED) is 0.770. The van der Waals surface area contributed by atoms with Gasteiger partial charge in [0.25, 0.3) is 11.5 Å². The Morgan fingerprint density at radius 2 is 1.96 bits per heavy atom. The molecule has 26 heavy (non-hydrogen) atoms. The van der Waals surface area contributed by atoms with E-state index in [2.05, 4.69) is 20.1 Å². The lowest BCUT2D eigenvalue weighted by Crippen LogP contribution is -2.37. The molecular weight excluding hydrogens is 338 g/mol. The summed E-state index contributed by atoms with van der Waals surface area (Å²) in [5.41, 5.74) is -0.141. The fourth-order valence-electron chi connectivity index (χ4n) is 2.89. The van der Waals surface area contributed by atoms with E-state index in [0.29, 0.717) is 52.0 Å². The molecule has 3 heterocycles. The van der Waals surface area contributed by atoms with Crippen molar-refractivity contribution in [2.24, 2.45) is 0 Å². The standard InChI is InChI=1S/C16H21N7O3/c24-14-10-18-13(9-19-14)16(26)22-5-2-4-21(7-8-22)15(25)3-1-6-23-12-17-11-20-23/h9-12H,1-8H2,(H,19,24). The Hall–Kier alpha value is -3.04. The summed E-state index contributed by atoms with van der Waals surface area (Å²) < 4.78 is 1.70. The highest BCUT2D eigenvalue weighted by Gasteiger charge is 2.23. The van der Waals surface area contributed by atoms with E-state index in [1.165, 1.54) is 12.5 Å². The Kier molecular flexibility index (Phi) is 5.72. The van der Waals surface area contributed by atoms with E-state index in [4.69, 9.17) is 0 Å². The van der Waals surface area contributed by atoms with Gasteiger partial charge >= 0.3 is 0 Å². The Balaban J connectivity index is 1.49. The average molecular weight is 359 g/mol. The highest BCUT2D eigenvalue weighted by atomic mass is 16.2. The van der Waals surface area contributed by atoms with Crippen LogP contribution in [0.1, 0.15) is 29.8 Å². The summed E-state index contributed by atoms with van der Waals surface area (Å²) in [5.74, 6) is -0.150. The fourth-order valence-corrected chi connectivity index (χ4v) is 2.89. The molecule has 1 N–H and O–H groups in total. The molecule has 1 aliphatic rings. The van der Waals surface area contributed by atoms with Gasteiger partial charge in [0.05, 0.1) is 6.20 Å². The van der Waals surface area contributed by atoms with Crippen molar-refractivity contribution in [3.63, 3.8) is 0 Å². The van der Waals surface area contributed by atoms with Gasteiger partial charge in [-0.2, -0.15) is 5.10 Å². The molecule has 0 aromatic carbocycles. The Morgan fingerprint density at radius 3 is 2.69 bits per heavy atom. The smallest absolute Gasteiger partial charge is 0.274 e. The minimum Gasteiger partial charge on any atom is -0.341 e. The molecule has 1 fully saturated rings. The van der Waals surface area contributed by atoms with Crippen molar-refractivity contribution in [1.29, 1.82) is 0 Å². The van der Waals surface area contributed by atoms with Crippen molar-refractivity contribution in [2.45, 2.75) is 25.8 Å². The maximum Gasteiger partial charge on any atom is 0.274 e. The molecule has 2 aromatic rings. The summed E-state index contributed by atoms with van der Waals surface area (Å²) in [4.78, 5) is 49.6. The van der Waals surface area contributed by atoms with Crippen molar-refractivity contribution < 1.29 is 9.59 Å². The molecule has 1 aliphatic heterocycles. The van der Waals surface area contributed by atoms with E-state index in [1.54, 1.807) is 20.8 Å². The molecule has 0 atom stereocenters. The Labute approximate surface area is 149 Å². The van der Waals surface area contributed by atoms with E-state index in [0.717, 1.165) is 6.20 Å². The molecule has 138 valence electrons. The van der Waals surface area contributed by atoms with Crippen molar-refractivity contribution in [3.05, 3.63) is 41.1 Å². The number of hydrogen-bond donors (Lipinski definition) is 1. The molecule has 2 aromatic heterocycles. The zero-order chi connectivity index (χ0) is 18.4. The molecule has 0 saturated carbocycles. The zero-order valence-corrected chi connectivity index (χ0v) is 14.4. The molecule has 0 unspecified atom stereocenters. The highest BCUT2D eigenvalue weighted by molar-refractivity contribution is 5.92. The molecule has 10 heteroatoms. The summed E-state index contributed by atoms with van der Waals surface area (Å²) >= 11 is 0. The summed E-state index contributed by atoms with van der Waals surface area (Å²) in [6.45, 7) is 2.79. The van der Waals surface area contributed by atoms with Crippen LogP contribution in [0.25, 0.3) is 0 Å². The lowest BCUT2D eigenvalue weighted by Gasteiger charge is -2.22. The number of carbonyl (C=O) groups is 2. The first kappa shape index (κ1) is 17.8. The van der Waals surface area contributed by atoms with Gasteiger partial charge in [0.15, 0.2) is 0 Å². The monoisotopic (exact) mass is 359 g/mol. The van der Waals surface area contributed by atoms with Crippen LogP contribution >= 0.6 is 0 Å². The maximum atomic E-state index is 12.5. The third-order valence-corrected chi connectivity index (χ3v) is 4.27. The summed E-state index contributed by atoms with van der Waals surface area (Å²) in [5, 5.41) is 4.01. The maximum absolute atomic E-state index is 12.5. The van der Waals surface area contributed by atoms with E-state index in [1.807, 2.05) is 0 Å². The number of hydrogen-bond acceptors (Lipinski definition) is 6. The number of aromatic amines is 1. The number of nitrogens with zero attached hydrogens (tertiary/aromatic N) is 6. The van der Waals surface area contributed by atoms with Crippen molar-refractivity contribution in [2.75, 3.05) is 26.2 Å². The summed E-state index contributed by atoms with van der Waals surface area (Å²) in [6, 6.07) is 0. The topological polar surface area (TPSA) is 117 Å². The van der Waals surface area contributed by atoms with E-state index < -0.39 is 0 Å². The minimum absolute atomic E-state index is 0.0848. The van der Waals surface area contributed by atoms with Crippen molar-refractivity contribution in [3.8, 4) is 0 Å². The minimum atomic E-state index is -0.347. The molecule has 1 saturated heterocycles. The summed E-state index contributed by atoms with van der Waals surface area (Å²) in [6.07, 6.45) is 7.37. The third kappa shape index (κ3) is 4.52. The second kappa shape index (κ2) is 8.37. The lowest BCUT2D eigenvalue weighted by molar-refractivity contribution is -0.131. The van der Waals surface area contributed by atoms with E-state index in [-0.39, 0.29) is 23.1 Å². The van der Waals surface area contributed by atoms with Crippen LogP contribution < -0.4 is 5.56 Å². The molecule has 0 spiro atoms. The second-order valence-electron chi connectivity index (χ2n) is 6.09. The average Bonchev–Trinajstić information content (AvgIpc) is 3.04. The first-order valence-electron chi connectivity index (χ1n) is 8.57. The van der Waals surface area contributed by atoms with Crippen LogP contribution in [-0.4, -0.2) is 72.5 Å². The normalized spacial score (nSPS) is 14.9. The van der Waals surface area contributed by atoms with Crippen LogP contribution in [0.15, 0.2) is 29.8 Å². The molecule has 0 radical (unpaired) electrons. The number of H-pyrrole nitrogens is 1. The molecular formula is C16H21N7O3. The Morgan fingerprint density at radius 1 is 1.15 bits per heavy atom. The van der Waals surface area contributed by atoms with Gasteiger partial charge in [-0.25, -0.2) is 9.97 Å². The molecule has 3 rings (SSSR count). The van der Waals surface area contributed by atoms with Crippen LogP contribution in [0.3, 0.4) is 0 Å². The predicted molar refractivity (Wildman–Crippen MR) is 91.2 cm³/mol. The number of aromatic nitrogens is 5. The molecule has 0 aliphatic carbocycles. The van der Waals surface area contributed by atoms with Crippen LogP contribution in [0, 0.1) is 0 Å². The molecule has 0 bridgehead atoms. The molecule has 2 amide bonds. The van der Waals surface area contributed by atoms with Gasteiger partial charge in [0, 0.05) is 45.3 Å². The van der Waals surface area contributed by atoms with Gasteiger partial charge in [-0.1, -0.05) is 0 Å². The van der Waals surface area contributed by atoms with Crippen LogP contribution in [0.2, 0.25) is 0 Å². The second-order valence-corrected chi connectivity index (χ2v) is 6.09. The zero-order valence-electron chi connectivity index (χ0n) is 14.4. The van der Waals surface area contributed by atoms with Gasteiger partial charge in [0.2, 0.25) is 5.91 Å². The van der Waals surface area contributed by atoms with Gasteiger partial charge in [-0.3, -0.25) is 19.1 Å². The SMILES string of the molecule is O=C(CCCn1cncn1)N1CCCN(C(=O)c2c[nH]c(=O)cn2)CC1. The lowest BCUT2D eigenvalue weighted by atomic mass is 10.2. The van der Waals surface area contributed by atoms with Crippen molar-refractivity contribution in [1.82, 2.24) is 34.5 Å². The number of amides is 2. The number of nitrogens with one attached hydrogen (secondary N) is 1. The third-order valence-electron chi connectivity index (χ3n) is 4.27. The van der Waals surface area contributed by atoms with E-state index in [9.17, 15) is 14.4 Å². The first-order valence-corrected chi connectivity index (χ1v) is 8.57. The Bertz CT molecular complexity index is 782. The first-order chi connectivity index (χ1) is 12.6.